The molecule has 1 aromatic heterocycles. The predicted molar refractivity (Wildman–Crippen MR) is 61.6 cm³/mol. The van der Waals surface area contributed by atoms with E-state index in [9.17, 15) is 0 Å². The molecule has 1 aromatic rings. The van der Waals surface area contributed by atoms with Crippen LogP contribution in [0.4, 0.5) is 0 Å². The maximum absolute atomic E-state index is 4.25. The van der Waals surface area contributed by atoms with Gasteiger partial charge in [-0.2, -0.15) is 5.10 Å². The van der Waals surface area contributed by atoms with Crippen molar-refractivity contribution in [2.24, 2.45) is 12.5 Å². The van der Waals surface area contributed by atoms with Gasteiger partial charge in [0.1, 0.15) is 12.2 Å². The van der Waals surface area contributed by atoms with Gasteiger partial charge in [0.25, 0.3) is 0 Å². The van der Waals surface area contributed by atoms with Gasteiger partial charge in [-0.25, -0.2) is 4.98 Å². The monoisotopic (exact) mass is 210 g/mol. The average molecular weight is 210 g/mol. The van der Waals surface area contributed by atoms with E-state index in [2.05, 4.69) is 36.2 Å². The summed E-state index contributed by atoms with van der Waals surface area (Å²) in [7, 11) is 3.94. The number of likely N-dealkylation sites (N-methyl/N-ethyl adjacent to an activating group) is 1. The van der Waals surface area contributed by atoms with Crippen LogP contribution in [0.2, 0.25) is 0 Å². The van der Waals surface area contributed by atoms with Crippen LogP contribution in [0.5, 0.6) is 0 Å². The molecule has 1 N–H and O–H groups in total. The number of aryl methyl sites for hydroxylation is 1. The molecule has 0 aliphatic rings. The minimum Gasteiger partial charge on any atom is -0.317 e. The predicted octanol–water partition coefficient (Wildman–Crippen LogP) is 1.38. The summed E-state index contributed by atoms with van der Waals surface area (Å²) in [6.07, 6.45) is 3.68. The van der Waals surface area contributed by atoms with Gasteiger partial charge in [-0.05, 0) is 18.9 Å². The van der Waals surface area contributed by atoms with Gasteiger partial charge in [-0.3, -0.25) is 4.68 Å². The minimum atomic E-state index is 0.340. The zero-order chi connectivity index (χ0) is 11.5. The van der Waals surface area contributed by atoms with Crippen LogP contribution in [0.15, 0.2) is 6.33 Å². The number of hydrogen-bond acceptors (Lipinski definition) is 3. The highest BCUT2D eigenvalue weighted by atomic mass is 15.3. The van der Waals surface area contributed by atoms with E-state index < -0.39 is 0 Å². The molecule has 0 bridgehead atoms. The summed E-state index contributed by atoms with van der Waals surface area (Å²) in [5.74, 6) is 1.04. The Bertz CT molecular complexity index is 298. The van der Waals surface area contributed by atoms with E-state index in [4.69, 9.17) is 0 Å². The van der Waals surface area contributed by atoms with Gasteiger partial charge in [-0.15, -0.1) is 0 Å². The first kappa shape index (κ1) is 12.2. The number of hydrogen-bond donors (Lipinski definition) is 1. The molecule has 1 heterocycles. The lowest BCUT2D eigenvalue weighted by atomic mass is 9.87. The molecule has 0 spiro atoms. The van der Waals surface area contributed by atoms with Crippen LogP contribution in [0, 0.1) is 5.41 Å². The first-order chi connectivity index (χ1) is 6.92. The summed E-state index contributed by atoms with van der Waals surface area (Å²) in [6, 6.07) is 0.466. The number of aromatic nitrogens is 3. The van der Waals surface area contributed by atoms with E-state index >= 15 is 0 Å². The highest BCUT2D eigenvalue weighted by Crippen LogP contribution is 2.21. The first-order valence-corrected chi connectivity index (χ1v) is 5.42. The third kappa shape index (κ3) is 4.00. The fourth-order valence-electron chi connectivity index (χ4n) is 1.74. The summed E-state index contributed by atoms with van der Waals surface area (Å²) in [4.78, 5) is 4.25. The highest BCUT2D eigenvalue weighted by molar-refractivity contribution is 4.90. The van der Waals surface area contributed by atoms with E-state index in [-0.39, 0.29) is 0 Å². The Morgan fingerprint density at radius 2 is 2.13 bits per heavy atom. The van der Waals surface area contributed by atoms with Crippen molar-refractivity contribution in [3.63, 3.8) is 0 Å². The molecule has 0 amide bonds. The Kier molecular flexibility index (Phi) is 3.85. The molecular formula is C11H22N4. The minimum absolute atomic E-state index is 0.340. The van der Waals surface area contributed by atoms with Gasteiger partial charge in [0, 0.05) is 19.5 Å². The zero-order valence-corrected chi connectivity index (χ0v) is 10.4. The lowest BCUT2D eigenvalue weighted by Crippen LogP contribution is -2.32. The summed E-state index contributed by atoms with van der Waals surface area (Å²) in [5, 5.41) is 7.42. The number of nitrogens with one attached hydrogen (secondary N) is 1. The number of nitrogens with zero attached hydrogens (tertiary/aromatic N) is 3. The van der Waals surface area contributed by atoms with Crippen molar-refractivity contribution in [3.05, 3.63) is 12.2 Å². The summed E-state index contributed by atoms with van der Waals surface area (Å²) in [6.45, 7) is 6.77. The first-order valence-electron chi connectivity index (χ1n) is 5.42. The normalized spacial score (nSPS) is 14.2. The van der Waals surface area contributed by atoms with Gasteiger partial charge < -0.3 is 5.32 Å². The maximum atomic E-state index is 4.25. The zero-order valence-electron chi connectivity index (χ0n) is 10.4. The summed E-state index contributed by atoms with van der Waals surface area (Å²) >= 11 is 0. The Morgan fingerprint density at radius 1 is 1.47 bits per heavy atom. The molecule has 0 saturated carbocycles. The van der Waals surface area contributed by atoms with Crippen LogP contribution in [-0.4, -0.2) is 27.9 Å². The fourth-order valence-corrected chi connectivity index (χ4v) is 1.74. The van der Waals surface area contributed by atoms with Crippen molar-refractivity contribution >= 4 is 0 Å². The van der Waals surface area contributed by atoms with E-state index in [1.807, 2.05) is 18.8 Å². The third-order valence-corrected chi connectivity index (χ3v) is 2.50. The largest absolute Gasteiger partial charge is 0.317 e. The second kappa shape index (κ2) is 4.75. The maximum Gasteiger partial charge on any atom is 0.138 e. The molecule has 0 aliphatic heterocycles. The molecule has 0 fully saturated rings. The van der Waals surface area contributed by atoms with Crippen LogP contribution in [-0.2, 0) is 13.5 Å². The van der Waals surface area contributed by atoms with E-state index in [0.717, 1.165) is 18.7 Å². The molecule has 0 saturated heterocycles. The van der Waals surface area contributed by atoms with E-state index in [1.165, 1.54) is 0 Å². The van der Waals surface area contributed by atoms with Crippen LogP contribution in [0.3, 0.4) is 0 Å². The fraction of sp³-hybridized carbons (Fsp3) is 0.818. The van der Waals surface area contributed by atoms with Gasteiger partial charge in [0.05, 0.1) is 0 Å². The molecular weight excluding hydrogens is 188 g/mol. The average Bonchev–Trinajstić information content (AvgIpc) is 2.48. The molecule has 4 nitrogen and oxygen atoms in total. The van der Waals surface area contributed by atoms with Crippen molar-refractivity contribution in [2.45, 2.75) is 39.7 Å². The molecule has 1 unspecified atom stereocenters. The van der Waals surface area contributed by atoms with Gasteiger partial charge in [0.15, 0.2) is 0 Å². The van der Waals surface area contributed by atoms with Crippen LogP contribution < -0.4 is 5.32 Å². The molecule has 15 heavy (non-hydrogen) atoms. The topological polar surface area (TPSA) is 42.7 Å². The van der Waals surface area contributed by atoms with Gasteiger partial charge in [-0.1, -0.05) is 20.8 Å². The Balaban J connectivity index is 2.58. The van der Waals surface area contributed by atoms with Crippen molar-refractivity contribution < 1.29 is 0 Å². The van der Waals surface area contributed by atoms with Crippen molar-refractivity contribution in [1.82, 2.24) is 20.1 Å². The SMILES string of the molecule is CNC(Cc1ncnn1C)CC(C)(C)C. The second-order valence-electron chi connectivity index (χ2n) is 5.25. The second-order valence-corrected chi connectivity index (χ2v) is 5.25. The third-order valence-electron chi connectivity index (χ3n) is 2.50. The molecule has 0 aliphatic carbocycles. The van der Waals surface area contributed by atoms with E-state index in [0.29, 0.717) is 11.5 Å². The smallest absolute Gasteiger partial charge is 0.138 e. The lowest BCUT2D eigenvalue weighted by Gasteiger charge is -2.25. The van der Waals surface area contributed by atoms with Crippen molar-refractivity contribution in [1.29, 1.82) is 0 Å². The molecule has 0 radical (unpaired) electrons. The van der Waals surface area contributed by atoms with Gasteiger partial charge in [0.2, 0.25) is 0 Å². The highest BCUT2D eigenvalue weighted by Gasteiger charge is 2.19. The van der Waals surface area contributed by atoms with Crippen LogP contribution in [0.25, 0.3) is 0 Å². The Morgan fingerprint density at radius 3 is 2.53 bits per heavy atom. The Labute approximate surface area is 92.1 Å². The standard InChI is InChI=1S/C11H22N4/c1-11(2,3)7-9(12-4)6-10-13-8-14-15(10)5/h8-9,12H,6-7H2,1-5H3. The van der Waals surface area contributed by atoms with Crippen LogP contribution >= 0.6 is 0 Å². The molecule has 4 heteroatoms. The lowest BCUT2D eigenvalue weighted by molar-refractivity contribution is 0.312. The van der Waals surface area contributed by atoms with Crippen molar-refractivity contribution in [3.8, 4) is 0 Å². The molecule has 1 atom stereocenters. The van der Waals surface area contributed by atoms with Gasteiger partial charge >= 0.3 is 0 Å². The summed E-state index contributed by atoms with van der Waals surface area (Å²) in [5.41, 5.74) is 0.340. The van der Waals surface area contributed by atoms with Crippen molar-refractivity contribution in [2.75, 3.05) is 7.05 Å². The molecule has 0 aromatic carbocycles. The molecule has 1 rings (SSSR count). The molecule has 86 valence electrons. The Hall–Kier alpha value is -0.900. The number of rotatable bonds is 4. The summed E-state index contributed by atoms with van der Waals surface area (Å²) < 4.78 is 1.84. The quantitative estimate of drug-likeness (QED) is 0.816. The van der Waals surface area contributed by atoms with Crippen LogP contribution in [0.1, 0.15) is 33.0 Å². The van der Waals surface area contributed by atoms with E-state index in [1.54, 1.807) is 6.33 Å².